The van der Waals surface area contributed by atoms with Crippen LogP contribution < -0.4 is 14.5 Å². The van der Waals surface area contributed by atoms with Crippen LogP contribution in [0.3, 0.4) is 0 Å². The standard InChI is InChI=1S/C20H25N3O4S/c1-14-7-6-8-19(15(14)2)23(28(5,25)26)13-20(24)22-21-16(3)17-9-11-18(27-4)12-10-17/h6-12H,13H2,1-5H3,(H,22,24)/b21-16-. The van der Waals surface area contributed by atoms with Crippen LogP contribution in [0.15, 0.2) is 47.6 Å². The second-order valence-corrected chi connectivity index (χ2v) is 8.36. The molecule has 0 fully saturated rings. The number of anilines is 1. The molecule has 0 aromatic heterocycles. The molecule has 0 heterocycles. The van der Waals surface area contributed by atoms with E-state index in [1.807, 2.05) is 32.0 Å². The predicted molar refractivity (Wildman–Crippen MR) is 111 cm³/mol. The summed E-state index contributed by atoms with van der Waals surface area (Å²) in [5.41, 5.74) is 6.06. The lowest BCUT2D eigenvalue weighted by atomic mass is 10.1. The zero-order valence-corrected chi connectivity index (χ0v) is 17.5. The molecule has 0 aliphatic heterocycles. The zero-order chi connectivity index (χ0) is 20.9. The minimum atomic E-state index is -3.64. The number of sulfonamides is 1. The molecule has 1 N–H and O–H groups in total. The van der Waals surface area contributed by atoms with Gasteiger partial charge in [0.15, 0.2) is 0 Å². The van der Waals surface area contributed by atoms with Gasteiger partial charge in [-0.15, -0.1) is 0 Å². The fourth-order valence-electron chi connectivity index (χ4n) is 2.60. The van der Waals surface area contributed by atoms with Gasteiger partial charge in [0.2, 0.25) is 10.0 Å². The molecule has 0 saturated heterocycles. The Morgan fingerprint density at radius 2 is 1.79 bits per heavy atom. The first-order chi connectivity index (χ1) is 13.1. The summed E-state index contributed by atoms with van der Waals surface area (Å²) in [6, 6.07) is 12.6. The van der Waals surface area contributed by atoms with Crippen molar-refractivity contribution in [3.8, 4) is 5.75 Å². The molecule has 2 aromatic rings. The van der Waals surface area contributed by atoms with E-state index < -0.39 is 15.9 Å². The topological polar surface area (TPSA) is 88.1 Å². The van der Waals surface area contributed by atoms with Crippen molar-refractivity contribution in [3.05, 3.63) is 59.2 Å². The highest BCUT2D eigenvalue weighted by atomic mass is 32.2. The molecule has 0 spiro atoms. The Labute approximate surface area is 166 Å². The number of nitrogens with one attached hydrogen (secondary N) is 1. The maximum atomic E-state index is 12.4. The SMILES string of the molecule is COc1ccc(/C(C)=N\NC(=O)CN(c2cccc(C)c2C)S(C)(=O)=O)cc1. The highest BCUT2D eigenvalue weighted by Crippen LogP contribution is 2.24. The van der Waals surface area contributed by atoms with E-state index in [1.165, 1.54) is 0 Å². The largest absolute Gasteiger partial charge is 0.497 e. The Balaban J connectivity index is 2.16. The van der Waals surface area contributed by atoms with Gasteiger partial charge in [0.05, 0.1) is 24.8 Å². The third-order valence-electron chi connectivity index (χ3n) is 4.39. The summed E-state index contributed by atoms with van der Waals surface area (Å²) < 4.78 is 30.7. The number of carbonyl (C=O) groups is 1. The van der Waals surface area contributed by atoms with Crippen molar-refractivity contribution in [3.63, 3.8) is 0 Å². The maximum Gasteiger partial charge on any atom is 0.260 e. The average Bonchev–Trinajstić information content (AvgIpc) is 2.66. The molecule has 2 aromatic carbocycles. The molecule has 0 saturated carbocycles. The van der Waals surface area contributed by atoms with Crippen LogP contribution in [0.4, 0.5) is 5.69 Å². The molecule has 0 unspecified atom stereocenters. The third-order valence-corrected chi connectivity index (χ3v) is 5.51. The quantitative estimate of drug-likeness (QED) is 0.569. The lowest BCUT2D eigenvalue weighted by Crippen LogP contribution is -2.39. The number of benzene rings is 2. The highest BCUT2D eigenvalue weighted by molar-refractivity contribution is 7.92. The zero-order valence-electron chi connectivity index (χ0n) is 16.7. The molecule has 7 nitrogen and oxygen atoms in total. The first-order valence-corrected chi connectivity index (χ1v) is 10.5. The number of nitrogens with zero attached hydrogens (tertiary/aromatic N) is 2. The van der Waals surface area contributed by atoms with Gasteiger partial charge in [-0.3, -0.25) is 9.10 Å². The van der Waals surface area contributed by atoms with Gasteiger partial charge < -0.3 is 4.74 Å². The minimum Gasteiger partial charge on any atom is -0.497 e. The first kappa shape index (κ1) is 21.4. The molecule has 2 rings (SSSR count). The highest BCUT2D eigenvalue weighted by Gasteiger charge is 2.22. The Morgan fingerprint density at radius 3 is 2.36 bits per heavy atom. The second-order valence-electron chi connectivity index (χ2n) is 6.45. The van der Waals surface area contributed by atoms with Crippen LogP contribution in [0, 0.1) is 13.8 Å². The number of hydrogen-bond donors (Lipinski definition) is 1. The first-order valence-electron chi connectivity index (χ1n) is 8.65. The molecule has 0 aliphatic rings. The number of aryl methyl sites for hydroxylation is 1. The number of hydrogen-bond acceptors (Lipinski definition) is 5. The van der Waals surface area contributed by atoms with Crippen molar-refractivity contribution < 1.29 is 17.9 Å². The fraction of sp³-hybridized carbons (Fsp3) is 0.300. The molecule has 0 radical (unpaired) electrons. The van der Waals surface area contributed by atoms with Crippen molar-refractivity contribution in [2.45, 2.75) is 20.8 Å². The van der Waals surface area contributed by atoms with E-state index in [-0.39, 0.29) is 6.54 Å². The Morgan fingerprint density at radius 1 is 1.14 bits per heavy atom. The molecular formula is C20H25N3O4S. The fourth-order valence-corrected chi connectivity index (χ4v) is 3.50. The Bertz CT molecular complexity index is 983. The second kappa shape index (κ2) is 8.88. The van der Waals surface area contributed by atoms with E-state index in [9.17, 15) is 13.2 Å². The summed E-state index contributed by atoms with van der Waals surface area (Å²) in [6.07, 6.45) is 1.08. The molecule has 150 valence electrons. The molecule has 1 amide bonds. The summed E-state index contributed by atoms with van der Waals surface area (Å²) in [4.78, 5) is 12.4. The van der Waals surface area contributed by atoms with Crippen LogP contribution in [-0.2, 0) is 14.8 Å². The van der Waals surface area contributed by atoms with Crippen LogP contribution in [-0.4, -0.2) is 39.9 Å². The number of rotatable bonds is 7. The molecular weight excluding hydrogens is 378 g/mol. The van der Waals surface area contributed by atoms with E-state index >= 15 is 0 Å². The molecule has 8 heteroatoms. The van der Waals surface area contributed by atoms with Crippen LogP contribution in [0.5, 0.6) is 5.75 Å². The van der Waals surface area contributed by atoms with Gasteiger partial charge in [0.1, 0.15) is 12.3 Å². The smallest absolute Gasteiger partial charge is 0.260 e. The summed E-state index contributed by atoms with van der Waals surface area (Å²) in [5, 5.41) is 4.07. The minimum absolute atomic E-state index is 0.359. The van der Waals surface area contributed by atoms with Crippen LogP contribution >= 0.6 is 0 Å². The van der Waals surface area contributed by atoms with Gasteiger partial charge in [-0.25, -0.2) is 13.8 Å². The number of hydrazone groups is 1. The van der Waals surface area contributed by atoms with Crippen LogP contribution in [0.2, 0.25) is 0 Å². The summed E-state index contributed by atoms with van der Waals surface area (Å²) in [5.74, 6) is 0.192. The average molecular weight is 404 g/mol. The van der Waals surface area contributed by atoms with Gasteiger partial charge in [0, 0.05) is 0 Å². The maximum absolute atomic E-state index is 12.4. The third kappa shape index (κ3) is 5.32. The molecule has 0 atom stereocenters. The van der Waals surface area contributed by atoms with Gasteiger partial charge in [0.25, 0.3) is 5.91 Å². The van der Waals surface area contributed by atoms with Gasteiger partial charge >= 0.3 is 0 Å². The number of amides is 1. The van der Waals surface area contributed by atoms with E-state index in [2.05, 4.69) is 10.5 Å². The Kier molecular flexibility index (Phi) is 6.80. The van der Waals surface area contributed by atoms with Crippen molar-refractivity contribution >= 4 is 27.3 Å². The van der Waals surface area contributed by atoms with Gasteiger partial charge in [-0.1, -0.05) is 12.1 Å². The predicted octanol–water partition coefficient (Wildman–Crippen LogP) is 2.62. The van der Waals surface area contributed by atoms with E-state index in [1.54, 1.807) is 38.3 Å². The normalized spacial score (nSPS) is 11.8. The van der Waals surface area contributed by atoms with Crippen molar-refractivity contribution in [2.75, 3.05) is 24.2 Å². The van der Waals surface area contributed by atoms with Gasteiger partial charge in [-0.2, -0.15) is 5.10 Å². The summed E-state index contributed by atoms with van der Waals surface area (Å²) in [7, 11) is -2.06. The van der Waals surface area contributed by atoms with Crippen molar-refractivity contribution in [2.24, 2.45) is 5.10 Å². The van der Waals surface area contributed by atoms with E-state index in [4.69, 9.17) is 4.74 Å². The van der Waals surface area contributed by atoms with Crippen molar-refractivity contribution in [1.82, 2.24) is 5.43 Å². The number of carbonyl (C=O) groups excluding carboxylic acids is 1. The summed E-state index contributed by atoms with van der Waals surface area (Å²) in [6.45, 7) is 5.11. The van der Waals surface area contributed by atoms with E-state index in [0.29, 0.717) is 11.4 Å². The molecule has 28 heavy (non-hydrogen) atoms. The van der Waals surface area contributed by atoms with Crippen LogP contribution in [0.1, 0.15) is 23.6 Å². The van der Waals surface area contributed by atoms with E-state index in [0.717, 1.165) is 33.0 Å². The monoisotopic (exact) mass is 403 g/mol. The Hall–Kier alpha value is -2.87. The number of ether oxygens (including phenoxy) is 1. The van der Waals surface area contributed by atoms with Gasteiger partial charge in [-0.05, 0) is 67.8 Å². The lowest BCUT2D eigenvalue weighted by molar-refractivity contribution is -0.119. The number of methoxy groups -OCH3 is 1. The van der Waals surface area contributed by atoms with Crippen LogP contribution in [0.25, 0.3) is 0 Å². The molecule has 0 bridgehead atoms. The summed E-state index contributed by atoms with van der Waals surface area (Å²) >= 11 is 0. The lowest BCUT2D eigenvalue weighted by Gasteiger charge is -2.24. The molecule has 0 aliphatic carbocycles. The van der Waals surface area contributed by atoms with Crippen molar-refractivity contribution in [1.29, 1.82) is 0 Å².